The van der Waals surface area contributed by atoms with Crippen molar-refractivity contribution in [3.63, 3.8) is 0 Å². The van der Waals surface area contributed by atoms with Crippen molar-refractivity contribution >= 4 is 35.3 Å². The van der Waals surface area contributed by atoms with E-state index in [2.05, 4.69) is 15.6 Å². The molecule has 3 amide bonds. The van der Waals surface area contributed by atoms with Crippen LogP contribution in [0.1, 0.15) is 49.5 Å². The highest BCUT2D eigenvalue weighted by molar-refractivity contribution is 6.30. The van der Waals surface area contributed by atoms with E-state index < -0.39 is 35.6 Å². The summed E-state index contributed by atoms with van der Waals surface area (Å²) in [6.07, 6.45) is -0.784. The van der Waals surface area contributed by atoms with Crippen molar-refractivity contribution in [2.24, 2.45) is 10.7 Å². The van der Waals surface area contributed by atoms with Crippen molar-refractivity contribution in [3.8, 4) is 0 Å². The molecule has 0 spiro atoms. The molecule has 0 bridgehead atoms. The lowest BCUT2D eigenvalue weighted by molar-refractivity contribution is -0.128. The highest BCUT2D eigenvalue weighted by Gasteiger charge is 2.30. The lowest BCUT2D eigenvalue weighted by atomic mass is 10.0. The van der Waals surface area contributed by atoms with E-state index in [1.54, 1.807) is 99.6 Å². The van der Waals surface area contributed by atoms with Gasteiger partial charge in [-0.2, -0.15) is 4.99 Å². The minimum Gasteiger partial charge on any atom is -0.444 e. The van der Waals surface area contributed by atoms with Crippen molar-refractivity contribution in [1.82, 2.24) is 10.6 Å². The number of amides is 3. The Morgan fingerprint density at radius 3 is 2.03 bits per heavy atom. The van der Waals surface area contributed by atoms with Gasteiger partial charge in [0.1, 0.15) is 23.5 Å². The molecule has 2 unspecified atom stereocenters. The van der Waals surface area contributed by atoms with E-state index in [1.807, 2.05) is 6.07 Å². The maximum atomic E-state index is 13.5. The highest BCUT2D eigenvalue weighted by Crippen LogP contribution is 2.22. The fourth-order valence-electron chi connectivity index (χ4n) is 3.43. The fraction of sp³-hybridized carbons (Fsp3) is 0.214. The summed E-state index contributed by atoms with van der Waals surface area (Å²) in [6.45, 7) is 5.15. The molecule has 0 radical (unpaired) electrons. The van der Waals surface area contributed by atoms with Crippen LogP contribution in [-0.2, 0) is 14.3 Å². The molecule has 0 saturated carbocycles. The predicted molar refractivity (Wildman–Crippen MR) is 143 cm³/mol. The molecule has 0 fully saturated rings. The lowest BCUT2D eigenvalue weighted by Crippen LogP contribution is -2.44. The number of aliphatic imine (C=N–C) groups is 1. The van der Waals surface area contributed by atoms with Gasteiger partial charge in [0.2, 0.25) is 5.91 Å². The Hall–Kier alpha value is -4.17. The fourth-order valence-corrected chi connectivity index (χ4v) is 3.63. The largest absolute Gasteiger partial charge is 0.444 e. The monoisotopic (exact) mass is 520 g/mol. The molecule has 9 heteroatoms. The first-order valence-electron chi connectivity index (χ1n) is 11.6. The zero-order valence-corrected chi connectivity index (χ0v) is 21.5. The molecule has 3 aromatic rings. The molecule has 0 aliphatic rings. The van der Waals surface area contributed by atoms with Crippen molar-refractivity contribution in [1.29, 1.82) is 0 Å². The Bertz CT molecular complexity index is 1270. The number of nitrogens with two attached hydrogens (primary N) is 1. The van der Waals surface area contributed by atoms with E-state index in [0.717, 1.165) is 0 Å². The van der Waals surface area contributed by atoms with Gasteiger partial charge < -0.3 is 21.1 Å². The topological polar surface area (TPSA) is 123 Å². The number of carbonyl (C=O) groups excluding carboxylic acids is 3. The Labute approximate surface area is 220 Å². The Balaban J connectivity index is 1.94. The number of alkyl carbamates (subject to hydrolysis) is 1. The smallest absolute Gasteiger partial charge is 0.408 e. The number of amidine groups is 1. The molecule has 0 aromatic heterocycles. The lowest BCUT2D eigenvalue weighted by Gasteiger charge is -2.25. The zero-order chi connectivity index (χ0) is 27.0. The second kappa shape index (κ2) is 12.2. The molecular formula is C28H29ClN4O4. The first-order chi connectivity index (χ1) is 17.5. The maximum absolute atomic E-state index is 13.5. The number of carbonyl (C=O) groups is 3. The van der Waals surface area contributed by atoms with Gasteiger partial charge in [-0.05, 0) is 44.0 Å². The summed E-state index contributed by atoms with van der Waals surface area (Å²) in [7, 11) is 0. The van der Waals surface area contributed by atoms with E-state index in [1.165, 1.54) is 0 Å². The third-order valence-corrected chi connectivity index (χ3v) is 5.31. The minimum atomic E-state index is -1.22. The normalized spacial score (nSPS) is 13.2. The van der Waals surface area contributed by atoms with Crippen LogP contribution < -0.4 is 16.4 Å². The van der Waals surface area contributed by atoms with Gasteiger partial charge in [0.15, 0.2) is 0 Å². The van der Waals surface area contributed by atoms with E-state index in [-0.39, 0.29) is 5.84 Å². The van der Waals surface area contributed by atoms with Crippen LogP contribution in [-0.4, -0.2) is 29.3 Å². The van der Waals surface area contributed by atoms with Gasteiger partial charge in [-0.3, -0.25) is 9.59 Å². The van der Waals surface area contributed by atoms with Gasteiger partial charge in [-0.1, -0.05) is 84.4 Å². The van der Waals surface area contributed by atoms with Crippen molar-refractivity contribution in [2.45, 2.75) is 38.5 Å². The van der Waals surface area contributed by atoms with E-state index in [4.69, 9.17) is 22.1 Å². The van der Waals surface area contributed by atoms with Gasteiger partial charge in [-0.15, -0.1) is 0 Å². The molecule has 2 atom stereocenters. The molecule has 3 aromatic carbocycles. The molecule has 0 heterocycles. The standard InChI is InChI=1S/C28H29ClN4O4/c1-28(2,3)37-27(36)32-22(18-11-6-4-7-12-18)25(34)31-23(20-15-10-16-21(29)17-20)26(35)33-24(30)19-13-8-5-9-14-19/h4-17,22-23H,1-3H3,(H,31,34)(H,32,36)(H2,30,33,35). The average molecular weight is 521 g/mol. The summed E-state index contributed by atoms with van der Waals surface area (Å²) in [4.78, 5) is 43.4. The van der Waals surface area contributed by atoms with Crippen molar-refractivity contribution in [3.05, 3.63) is 107 Å². The van der Waals surface area contributed by atoms with Crippen LogP contribution >= 0.6 is 11.6 Å². The molecule has 0 aliphatic heterocycles. The van der Waals surface area contributed by atoms with Crippen molar-refractivity contribution < 1.29 is 19.1 Å². The average Bonchev–Trinajstić information content (AvgIpc) is 2.85. The first kappa shape index (κ1) is 27.4. The molecule has 37 heavy (non-hydrogen) atoms. The van der Waals surface area contributed by atoms with Gasteiger partial charge in [0.25, 0.3) is 5.91 Å². The Kier molecular flexibility index (Phi) is 9.03. The number of ether oxygens (including phenoxy) is 1. The van der Waals surface area contributed by atoms with Gasteiger partial charge in [-0.25, -0.2) is 4.79 Å². The first-order valence-corrected chi connectivity index (χ1v) is 11.9. The quantitative estimate of drug-likeness (QED) is 0.308. The predicted octanol–water partition coefficient (Wildman–Crippen LogP) is 4.70. The summed E-state index contributed by atoms with van der Waals surface area (Å²) < 4.78 is 5.34. The molecular weight excluding hydrogens is 492 g/mol. The summed E-state index contributed by atoms with van der Waals surface area (Å²) in [5.74, 6) is -1.36. The Morgan fingerprint density at radius 1 is 0.838 bits per heavy atom. The third kappa shape index (κ3) is 8.18. The number of nitrogens with one attached hydrogen (secondary N) is 2. The zero-order valence-electron chi connectivity index (χ0n) is 20.8. The SMILES string of the molecule is CC(C)(C)OC(=O)NC(C(=O)NC(C(=O)N=C(N)c1ccccc1)c1cccc(Cl)c1)c1ccccc1. The van der Waals surface area contributed by atoms with Gasteiger partial charge in [0, 0.05) is 10.6 Å². The van der Waals surface area contributed by atoms with Crippen LogP contribution in [0.5, 0.6) is 0 Å². The number of benzene rings is 3. The van der Waals surface area contributed by atoms with Crippen LogP contribution in [0, 0.1) is 0 Å². The van der Waals surface area contributed by atoms with E-state index in [9.17, 15) is 14.4 Å². The van der Waals surface area contributed by atoms with E-state index >= 15 is 0 Å². The Morgan fingerprint density at radius 2 is 1.43 bits per heavy atom. The van der Waals surface area contributed by atoms with Gasteiger partial charge in [0.05, 0.1) is 0 Å². The molecule has 0 saturated heterocycles. The van der Waals surface area contributed by atoms with Crippen LogP contribution in [0.3, 0.4) is 0 Å². The molecule has 3 rings (SSSR count). The van der Waals surface area contributed by atoms with Crippen LogP contribution in [0.4, 0.5) is 4.79 Å². The second-order valence-electron chi connectivity index (χ2n) is 9.19. The third-order valence-electron chi connectivity index (χ3n) is 5.07. The number of hydrogen-bond donors (Lipinski definition) is 3. The van der Waals surface area contributed by atoms with Gasteiger partial charge >= 0.3 is 6.09 Å². The summed E-state index contributed by atoms with van der Waals surface area (Å²) in [6, 6.07) is 21.5. The molecule has 4 N–H and O–H groups in total. The second-order valence-corrected chi connectivity index (χ2v) is 9.62. The van der Waals surface area contributed by atoms with E-state index in [0.29, 0.717) is 21.7 Å². The molecule has 0 aliphatic carbocycles. The number of rotatable bonds is 7. The number of halogens is 1. The minimum absolute atomic E-state index is 0.00151. The summed E-state index contributed by atoms with van der Waals surface area (Å²) in [5, 5.41) is 5.67. The van der Waals surface area contributed by atoms with Crippen LogP contribution in [0.15, 0.2) is 89.9 Å². The molecule has 192 valence electrons. The number of hydrogen-bond acceptors (Lipinski definition) is 4. The maximum Gasteiger partial charge on any atom is 0.408 e. The summed E-state index contributed by atoms with van der Waals surface area (Å²) in [5.41, 5.74) is 6.75. The molecule has 8 nitrogen and oxygen atoms in total. The number of nitrogens with zero attached hydrogens (tertiary/aromatic N) is 1. The highest BCUT2D eigenvalue weighted by atomic mass is 35.5. The van der Waals surface area contributed by atoms with Crippen molar-refractivity contribution in [2.75, 3.05) is 0 Å². The summed E-state index contributed by atoms with van der Waals surface area (Å²) >= 11 is 6.16. The van der Waals surface area contributed by atoms with Crippen LogP contribution in [0.2, 0.25) is 5.02 Å². The van der Waals surface area contributed by atoms with Crippen LogP contribution in [0.25, 0.3) is 0 Å².